The van der Waals surface area contributed by atoms with Gasteiger partial charge in [-0.15, -0.1) is 0 Å². The topological polar surface area (TPSA) is 122 Å². The lowest BCUT2D eigenvalue weighted by molar-refractivity contribution is -0.149. The maximum Gasteiger partial charge on any atom is 0.307 e. The van der Waals surface area contributed by atoms with Crippen LogP contribution in [0.5, 0.6) is 0 Å². The quantitative estimate of drug-likeness (QED) is 0.453. The summed E-state index contributed by atoms with van der Waals surface area (Å²) in [4.78, 5) is 58.8. The molecule has 2 rings (SSSR count). The van der Waals surface area contributed by atoms with E-state index in [-0.39, 0.29) is 31.5 Å². The summed E-state index contributed by atoms with van der Waals surface area (Å²) in [6.07, 6.45) is 1.28. The lowest BCUT2D eigenvalue weighted by atomic mass is 10.0. The lowest BCUT2D eigenvalue weighted by Gasteiger charge is -2.28. The van der Waals surface area contributed by atoms with Gasteiger partial charge in [0.05, 0.1) is 13.5 Å². The summed E-state index contributed by atoms with van der Waals surface area (Å²) >= 11 is 0. The first-order valence-electron chi connectivity index (χ1n) is 6.67. The van der Waals surface area contributed by atoms with Crippen molar-refractivity contribution in [1.82, 2.24) is 15.5 Å². The standard InChI is InChI=1S/C13H15N3O6/c1-22-11(19)4-5-14-7-6-10(18)16(13(7)21)8-2-3-9(17)15-12(8)20/h6,8,14H,2-5H2,1H3,(H,15,17,20). The minimum absolute atomic E-state index is 0.0126. The van der Waals surface area contributed by atoms with Crippen molar-refractivity contribution < 1.29 is 28.7 Å². The summed E-state index contributed by atoms with van der Waals surface area (Å²) in [6.45, 7) is 0.126. The van der Waals surface area contributed by atoms with Gasteiger partial charge in [0.2, 0.25) is 11.8 Å². The second kappa shape index (κ2) is 6.37. The lowest BCUT2D eigenvalue weighted by Crippen LogP contribution is -2.54. The van der Waals surface area contributed by atoms with E-state index in [4.69, 9.17) is 0 Å². The maximum atomic E-state index is 12.2. The molecule has 0 aliphatic carbocycles. The van der Waals surface area contributed by atoms with E-state index in [9.17, 15) is 24.0 Å². The van der Waals surface area contributed by atoms with Crippen molar-refractivity contribution in [1.29, 1.82) is 0 Å². The zero-order valence-corrected chi connectivity index (χ0v) is 11.9. The summed E-state index contributed by atoms with van der Waals surface area (Å²) in [7, 11) is 1.25. The molecule has 0 aromatic rings. The number of ether oxygens (including phenoxy) is 1. The number of amides is 4. The van der Waals surface area contributed by atoms with E-state index in [0.717, 1.165) is 11.0 Å². The summed E-state index contributed by atoms with van der Waals surface area (Å²) in [5.41, 5.74) is 0.0126. The minimum atomic E-state index is -0.992. The monoisotopic (exact) mass is 309 g/mol. The van der Waals surface area contributed by atoms with Crippen LogP contribution >= 0.6 is 0 Å². The molecule has 2 heterocycles. The van der Waals surface area contributed by atoms with Gasteiger partial charge in [0.15, 0.2) is 0 Å². The molecule has 1 fully saturated rings. The van der Waals surface area contributed by atoms with Crippen LogP contribution in [0.4, 0.5) is 0 Å². The molecule has 22 heavy (non-hydrogen) atoms. The van der Waals surface area contributed by atoms with Gasteiger partial charge in [0.25, 0.3) is 11.8 Å². The first kappa shape index (κ1) is 15.7. The Morgan fingerprint density at radius 3 is 2.77 bits per heavy atom. The molecule has 0 aromatic carbocycles. The Morgan fingerprint density at radius 2 is 2.14 bits per heavy atom. The van der Waals surface area contributed by atoms with Crippen molar-refractivity contribution in [2.24, 2.45) is 0 Å². The Kier molecular flexibility index (Phi) is 4.54. The predicted octanol–water partition coefficient (Wildman–Crippen LogP) is -1.80. The molecular weight excluding hydrogens is 294 g/mol. The number of hydrogen-bond acceptors (Lipinski definition) is 7. The van der Waals surface area contributed by atoms with Crippen LogP contribution in [0.25, 0.3) is 0 Å². The summed E-state index contributed by atoms with van der Waals surface area (Å²) in [5, 5.41) is 4.77. The third-order valence-corrected chi connectivity index (χ3v) is 3.35. The molecular formula is C13H15N3O6. The Morgan fingerprint density at radius 1 is 1.41 bits per heavy atom. The Labute approximate surface area is 125 Å². The zero-order valence-electron chi connectivity index (χ0n) is 11.9. The molecule has 1 atom stereocenters. The van der Waals surface area contributed by atoms with Gasteiger partial charge in [0, 0.05) is 19.0 Å². The number of nitrogens with zero attached hydrogens (tertiary/aromatic N) is 1. The molecule has 0 bridgehead atoms. The van der Waals surface area contributed by atoms with E-state index in [1.165, 1.54) is 7.11 Å². The normalized spacial score (nSPS) is 21.6. The Bertz CT molecular complexity index is 582. The van der Waals surface area contributed by atoms with Gasteiger partial charge in [-0.05, 0) is 6.42 Å². The fourth-order valence-corrected chi connectivity index (χ4v) is 2.24. The molecule has 2 aliphatic heterocycles. The van der Waals surface area contributed by atoms with Gasteiger partial charge < -0.3 is 10.1 Å². The first-order chi connectivity index (χ1) is 10.4. The molecule has 9 nitrogen and oxygen atoms in total. The number of methoxy groups -OCH3 is 1. The SMILES string of the molecule is COC(=O)CCNC1=CC(=O)N(C2CCC(=O)NC2=O)C1=O. The fourth-order valence-electron chi connectivity index (χ4n) is 2.24. The van der Waals surface area contributed by atoms with Crippen LogP contribution in [0.15, 0.2) is 11.8 Å². The number of rotatable bonds is 5. The molecule has 4 amide bonds. The fraction of sp³-hybridized carbons (Fsp3) is 0.462. The molecule has 2 N–H and O–H groups in total. The van der Waals surface area contributed by atoms with Crippen molar-refractivity contribution >= 4 is 29.6 Å². The highest BCUT2D eigenvalue weighted by atomic mass is 16.5. The molecule has 2 aliphatic rings. The van der Waals surface area contributed by atoms with Crippen LogP contribution in [-0.4, -0.2) is 54.2 Å². The van der Waals surface area contributed by atoms with Gasteiger partial charge in [-0.2, -0.15) is 0 Å². The van der Waals surface area contributed by atoms with Crippen LogP contribution in [0.3, 0.4) is 0 Å². The highest BCUT2D eigenvalue weighted by Crippen LogP contribution is 2.19. The number of piperidine rings is 1. The van der Waals surface area contributed by atoms with Crippen LogP contribution < -0.4 is 10.6 Å². The van der Waals surface area contributed by atoms with E-state index in [1.807, 2.05) is 0 Å². The van der Waals surface area contributed by atoms with Crippen LogP contribution in [-0.2, 0) is 28.7 Å². The van der Waals surface area contributed by atoms with Crippen molar-refractivity contribution in [3.63, 3.8) is 0 Å². The van der Waals surface area contributed by atoms with Gasteiger partial charge in [-0.1, -0.05) is 0 Å². The first-order valence-corrected chi connectivity index (χ1v) is 6.67. The number of carbonyl (C=O) groups excluding carboxylic acids is 5. The van der Waals surface area contributed by atoms with Crippen LogP contribution in [0.2, 0.25) is 0 Å². The third kappa shape index (κ3) is 3.13. The van der Waals surface area contributed by atoms with Gasteiger partial charge in [-0.3, -0.25) is 34.2 Å². The number of esters is 1. The van der Waals surface area contributed by atoms with Gasteiger partial charge >= 0.3 is 5.97 Å². The van der Waals surface area contributed by atoms with E-state index in [1.54, 1.807) is 0 Å². The minimum Gasteiger partial charge on any atom is -0.469 e. The Balaban J connectivity index is 1.98. The molecule has 1 saturated heterocycles. The molecule has 0 spiro atoms. The van der Waals surface area contributed by atoms with Crippen molar-refractivity contribution in [3.8, 4) is 0 Å². The van der Waals surface area contributed by atoms with Gasteiger partial charge in [-0.25, -0.2) is 0 Å². The maximum absolute atomic E-state index is 12.2. The average molecular weight is 309 g/mol. The highest BCUT2D eigenvalue weighted by Gasteiger charge is 2.42. The van der Waals surface area contributed by atoms with Gasteiger partial charge in [0.1, 0.15) is 11.7 Å². The molecule has 9 heteroatoms. The second-order valence-electron chi connectivity index (χ2n) is 4.79. The van der Waals surface area contributed by atoms with E-state index >= 15 is 0 Å². The zero-order chi connectivity index (χ0) is 16.3. The number of hydrogen-bond donors (Lipinski definition) is 2. The number of carbonyl (C=O) groups is 5. The molecule has 0 radical (unpaired) electrons. The summed E-state index contributed by atoms with van der Waals surface area (Å²) in [5.74, 6) is -2.82. The van der Waals surface area contributed by atoms with Crippen molar-refractivity contribution in [3.05, 3.63) is 11.8 Å². The average Bonchev–Trinajstić information content (AvgIpc) is 2.74. The van der Waals surface area contributed by atoms with Crippen molar-refractivity contribution in [2.45, 2.75) is 25.3 Å². The second-order valence-corrected chi connectivity index (χ2v) is 4.79. The summed E-state index contributed by atoms with van der Waals surface area (Å²) < 4.78 is 4.46. The molecule has 0 aromatic heterocycles. The highest BCUT2D eigenvalue weighted by molar-refractivity contribution is 6.18. The summed E-state index contributed by atoms with van der Waals surface area (Å²) in [6, 6.07) is -0.992. The Hall–Kier alpha value is -2.71. The smallest absolute Gasteiger partial charge is 0.307 e. The molecule has 1 unspecified atom stereocenters. The van der Waals surface area contributed by atoms with Crippen LogP contribution in [0.1, 0.15) is 19.3 Å². The van der Waals surface area contributed by atoms with Crippen LogP contribution in [0, 0.1) is 0 Å². The largest absolute Gasteiger partial charge is 0.469 e. The number of nitrogens with one attached hydrogen (secondary N) is 2. The van der Waals surface area contributed by atoms with E-state index in [2.05, 4.69) is 15.4 Å². The van der Waals surface area contributed by atoms with E-state index < -0.39 is 35.6 Å². The predicted molar refractivity (Wildman–Crippen MR) is 70.7 cm³/mol. The van der Waals surface area contributed by atoms with E-state index in [0.29, 0.717) is 0 Å². The number of imide groups is 2. The third-order valence-electron chi connectivity index (χ3n) is 3.35. The molecule has 118 valence electrons. The van der Waals surface area contributed by atoms with Crippen molar-refractivity contribution in [2.75, 3.05) is 13.7 Å². The molecule has 0 saturated carbocycles.